The molecule has 0 aromatic heterocycles. The van der Waals surface area contributed by atoms with Crippen LogP contribution in [-0.4, -0.2) is 41.7 Å². The normalized spacial score (nSPS) is 28.6. The Hall–Kier alpha value is -4.92. The summed E-state index contributed by atoms with van der Waals surface area (Å²) >= 11 is 0. The maximum atomic E-state index is 6.69. The molecular weight excluding hydrogens is 853 g/mol. The lowest BCUT2D eigenvalue weighted by molar-refractivity contribution is -0.203. The molecule has 28 rings (SSSR count). The molecule has 18 bridgehead atoms. The first-order chi connectivity index (χ1) is 33.5. The molecule has 0 heterocycles. The molecule has 6 aromatic rings. The van der Waals surface area contributed by atoms with Gasteiger partial charge in [0.05, 0.1) is 16.8 Å². The van der Waals surface area contributed by atoms with Crippen molar-refractivity contribution in [2.45, 2.75) is 131 Å². The van der Waals surface area contributed by atoms with Crippen LogP contribution in [0.2, 0.25) is 0 Å². The maximum Gasteiger partial charge on any atom is 0.147 e. The van der Waals surface area contributed by atoms with Gasteiger partial charge in [-0.25, -0.2) is 0 Å². The number of hydrogen-bond acceptors (Lipinski definition) is 6. The second-order valence-electron chi connectivity index (χ2n) is 21.8. The van der Waals surface area contributed by atoms with Crippen LogP contribution < -0.4 is 0 Å². The van der Waals surface area contributed by atoms with Gasteiger partial charge in [-0.2, -0.15) is 0 Å². The number of ether oxygens (including phenoxy) is 6. The summed E-state index contributed by atoms with van der Waals surface area (Å²) < 4.78 is 36.7. The first-order valence-corrected chi connectivity index (χ1v) is 25.5. The van der Waals surface area contributed by atoms with Crippen LogP contribution in [0.25, 0.3) is 33.4 Å². The number of benzene rings is 6. The minimum absolute atomic E-state index is 0.0538. The van der Waals surface area contributed by atoms with Crippen LogP contribution in [0.1, 0.15) is 131 Å². The summed E-state index contributed by atoms with van der Waals surface area (Å²) in [4.78, 5) is 0. The number of rotatable bonds is 9. The van der Waals surface area contributed by atoms with E-state index in [0.717, 1.165) is 75.3 Å². The Morgan fingerprint density at radius 3 is 0.638 bits per heavy atom. The lowest BCUT2D eigenvalue weighted by atomic mass is 9.60. The topological polar surface area (TPSA) is 55.4 Å². The molecular formula is C63H72O6. The van der Waals surface area contributed by atoms with E-state index in [-0.39, 0.29) is 36.6 Å². The Labute approximate surface area is 411 Å². The van der Waals surface area contributed by atoms with E-state index in [4.69, 9.17) is 28.4 Å². The maximum absolute atomic E-state index is 6.69. The fourth-order valence-electron chi connectivity index (χ4n) is 12.6. The van der Waals surface area contributed by atoms with Crippen LogP contribution in [0.4, 0.5) is 0 Å². The molecule has 360 valence electrons. The summed E-state index contributed by atoms with van der Waals surface area (Å²) in [6, 6.07) is 55.4. The van der Waals surface area contributed by atoms with Crippen molar-refractivity contribution in [3.8, 4) is 33.4 Å². The molecule has 0 saturated heterocycles. The molecule has 0 radical (unpaired) electrons. The number of hydrogen-bond donors (Lipinski definition) is 0. The molecule has 0 atom stereocenters. The fourth-order valence-corrected chi connectivity index (χ4v) is 12.6. The van der Waals surface area contributed by atoms with Crippen LogP contribution in [0.5, 0.6) is 0 Å². The van der Waals surface area contributed by atoms with E-state index in [9.17, 15) is 0 Å². The van der Waals surface area contributed by atoms with Crippen LogP contribution in [0.3, 0.4) is 0 Å². The van der Waals surface area contributed by atoms with Crippen molar-refractivity contribution < 1.29 is 28.4 Å². The van der Waals surface area contributed by atoms with Gasteiger partial charge in [0.25, 0.3) is 0 Å². The molecule has 0 amide bonds. The summed E-state index contributed by atoms with van der Waals surface area (Å²) in [6.07, 6.45) is 11.6. The van der Waals surface area contributed by atoms with Crippen molar-refractivity contribution in [3.05, 3.63) is 179 Å². The van der Waals surface area contributed by atoms with Gasteiger partial charge < -0.3 is 28.4 Å². The lowest BCUT2D eigenvalue weighted by Gasteiger charge is -2.46. The van der Waals surface area contributed by atoms with Gasteiger partial charge in [0, 0.05) is 21.3 Å². The Morgan fingerprint density at radius 1 is 0.261 bits per heavy atom. The molecule has 6 aromatic carbocycles. The Balaban J connectivity index is 0.979. The van der Waals surface area contributed by atoms with Crippen LogP contribution in [0, 0.1) is 0 Å². The van der Waals surface area contributed by atoms with Gasteiger partial charge in [-0.3, -0.25) is 0 Å². The standard InChI is InChI=1S/C63H72O6/c1-58-31-33-59(2,34-32-58)53-21-9-48(10-22-53)49-15-27-56(28-16-49)62(68-44-65-5)39-41-63(42-40-62,69-45-66-6)57-29-17-51(18-30-57)50-13-25-55(26-14-50)61(67-43-64-4)37-35-60(3,36-38-61)54-23-11-47(12-24-54)46-7-19-52(58)20-8-46/h7-30H,31-45H2,1-6H3. The summed E-state index contributed by atoms with van der Waals surface area (Å²) in [6.45, 7) is 8.10. The quantitative estimate of drug-likeness (QED) is 0.135. The second kappa shape index (κ2) is 19.4. The van der Waals surface area contributed by atoms with Crippen molar-refractivity contribution in [1.29, 1.82) is 0 Å². The van der Waals surface area contributed by atoms with Gasteiger partial charge in [-0.1, -0.05) is 166 Å². The molecule has 0 unspecified atom stereocenters. The molecule has 3 saturated carbocycles. The Kier molecular flexibility index (Phi) is 13.4. The van der Waals surface area contributed by atoms with Gasteiger partial charge in [0.15, 0.2) is 0 Å². The summed E-state index contributed by atoms with van der Waals surface area (Å²) in [5, 5.41) is 0. The van der Waals surface area contributed by atoms with Crippen molar-refractivity contribution in [2.75, 3.05) is 41.7 Å². The lowest BCUT2D eigenvalue weighted by Crippen LogP contribution is -2.43. The first-order valence-electron chi connectivity index (χ1n) is 25.5. The van der Waals surface area contributed by atoms with Gasteiger partial charge in [0.2, 0.25) is 0 Å². The molecule has 69 heavy (non-hydrogen) atoms. The average Bonchev–Trinajstić information content (AvgIpc) is 3.41. The van der Waals surface area contributed by atoms with E-state index in [2.05, 4.69) is 166 Å². The van der Waals surface area contributed by atoms with Crippen molar-refractivity contribution in [2.24, 2.45) is 0 Å². The third kappa shape index (κ3) is 9.18. The van der Waals surface area contributed by atoms with E-state index in [1.54, 1.807) is 21.3 Å². The minimum atomic E-state index is -0.517. The fraction of sp³-hybridized carbons (Fsp3) is 0.429. The summed E-state index contributed by atoms with van der Waals surface area (Å²) in [7, 11) is 5.11. The third-order valence-corrected chi connectivity index (χ3v) is 17.8. The molecule has 0 N–H and O–H groups in total. The highest BCUT2D eigenvalue weighted by molar-refractivity contribution is 5.67. The highest BCUT2D eigenvalue weighted by Gasteiger charge is 2.47. The highest BCUT2D eigenvalue weighted by Crippen LogP contribution is 2.53. The molecule has 6 heteroatoms. The SMILES string of the molecule is COCOC12CCC(C)(CC1)c1ccc(cc1)-c1ccc(cc1)C1(C)CCC(C)(CC1)c1ccc(cc1)-c1ccc(cc1)C1(OCOC)CCC(OCOC)(CC1)c1ccc(cc1)-c1ccc2cc1. The van der Waals surface area contributed by atoms with Crippen molar-refractivity contribution in [1.82, 2.24) is 0 Å². The monoisotopic (exact) mass is 925 g/mol. The van der Waals surface area contributed by atoms with Gasteiger partial charge in [-0.15, -0.1) is 0 Å². The predicted octanol–water partition coefficient (Wildman–Crippen LogP) is 15.0. The van der Waals surface area contributed by atoms with E-state index < -0.39 is 16.8 Å². The van der Waals surface area contributed by atoms with Gasteiger partial charge >= 0.3 is 0 Å². The predicted molar refractivity (Wildman–Crippen MR) is 277 cm³/mol. The smallest absolute Gasteiger partial charge is 0.147 e. The van der Waals surface area contributed by atoms with Crippen molar-refractivity contribution in [3.63, 3.8) is 0 Å². The van der Waals surface area contributed by atoms with E-state index in [1.807, 2.05) is 0 Å². The average molecular weight is 925 g/mol. The van der Waals surface area contributed by atoms with E-state index >= 15 is 0 Å². The van der Waals surface area contributed by atoms with Crippen LogP contribution >= 0.6 is 0 Å². The zero-order valence-electron chi connectivity index (χ0n) is 41.9. The zero-order chi connectivity index (χ0) is 47.7. The summed E-state index contributed by atoms with van der Waals surface area (Å²) in [5.74, 6) is 0. The largest absolute Gasteiger partial charge is 0.359 e. The molecule has 0 spiro atoms. The van der Waals surface area contributed by atoms with Crippen LogP contribution in [-0.2, 0) is 61.5 Å². The zero-order valence-corrected chi connectivity index (χ0v) is 41.9. The van der Waals surface area contributed by atoms with E-state index in [1.165, 1.54) is 68.5 Å². The molecule has 6 nitrogen and oxygen atoms in total. The van der Waals surface area contributed by atoms with Crippen LogP contribution in [0.15, 0.2) is 146 Å². The summed E-state index contributed by atoms with van der Waals surface area (Å²) in [5.41, 5.74) is 14.1. The minimum Gasteiger partial charge on any atom is -0.359 e. The van der Waals surface area contributed by atoms with Crippen molar-refractivity contribution >= 4 is 0 Å². The highest BCUT2D eigenvalue weighted by atomic mass is 16.7. The first kappa shape index (κ1) is 47.7. The molecule has 22 aliphatic rings. The Bertz CT molecular complexity index is 2620. The van der Waals surface area contributed by atoms with E-state index in [0.29, 0.717) is 0 Å². The molecule has 3 fully saturated rings. The third-order valence-electron chi connectivity index (χ3n) is 17.8. The molecule has 0 aliphatic heterocycles. The van der Waals surface area contributed by atoms with Gasteiger partial charge in [-0.05, 0) is 160 Å². The number of methoxy groups -OCH3 is 3. The molecule has 22 aliphatic carbocycles. The Morgan fingerprint density at radius 2 is 0.435 bits per heavy atom. The second-order valence-corrected chi connectivity index (χ2v) is 21.8. The van der Waals surface area contributed by atoms with Gasteiger partial charge in [0.1, 0.15) is 20.4 Å².